The van der Waals surface area contributed by atoms with E-state index in [1.807, 2.05) is 45.0 Å². The smallest absolute Gasteiger partial charge is 0.257 e. The highest BCUT2D eigenvalue weighted by Gasteiger charge is 2.21. The molecule has 0 saturated heterocycles. The van der Waals surface area contributed by atoms with Crippen LogP contribution < -0.4 is 16.0 Å². The van der Waals surface area contributed by atoms with Gasteiger partial charge in [0.05, 0.1) is 17.2 Å². The lowest BCUT2D eigenvalue weighted by molar-refractivity contribution is -0.128. The highest BCUT2D eigenvalue weighted by atomic mass is 79.9. The number of rotatable bonds is 9. The van der Waals surface area contributed by atoms with Gasteiger partial charge in [-0.05, 0) is 60.2 Å². The van der Waals surface area contributed by atoms with Gasteiger partial charge in [0, 0.05) is 33.4 Å². The minimum atomic E-state index is -0.522. The number of nitrogens with one attached hydrogen (secondary N) is 3. The quantitative estimate of drug-likeness (QED) is 0.195. The molecule has 3 N–H and O–H groups in total. The fraction of sp³-hybridized carbons (Fsp3) is 0.259. The number of amides is 2. The molecule has 3 aromatic rings. The molecule has 0 heterocycles. The summed E-state index contributed by atoms with van der Waals surface area (Å²) in [6, 6.07) is 16.8. The maximum atomic E-state index is 14.3. The molecule has 2 amide bonds. The summed E-state index contributed by atoms with van der Waals surface area (Å²) in [7, 11) is 0. The highest BCUT2D eigenvalue weighted by Crippen LogP contribution is 2.22. The van der Waals surface area contributed by atoms with Gasteiger partial charge in [-0.2, -0.15) is 0 Å². The zero-order valence-corrected chi connectivity index (χ0v) is 22.6. The van der Waals surface area contributed by atoms with Crippen molar-refractivity contribution in [1.29, 1.82) is 0 Å². The van der Waals surface area contributed by atoms with E-state index in [1.54, 1.807) is 18.2 Å². The summed E-state index contributed by atoms with van der Waals surface area (Å²) in [5, 5.41) is 8.96. The molecular formula is C27H28BrClFN3O3. The fourth-order valence-electron chi connectivity index (χ4n) is 3.13. The van der Waals surface area contributed by atoms with Crippen molar-refractivity contribution in [2.24, 2.45) is 5.41 Å². The van der Waals surface area contributed by atoms with Gasteiger partial charge in [0.25, 0.3) is 5.91 Å². The molecule has 0 aliphatic heterocycles. The maximum absolute atomic E-state index is 14.3. The van der Waals surface area contributed by atoms with Crippen molar-refractivity contribution in [3.05, 3.63) is 92.7 Å². The first-order valence-electron chi connectivity index (χ1n) is 11.3. The Morgan fingerprint density at radius 3 is 2.39 bits per heavy atom. The summed E-state index contributed by atoms with van der Waals surface area (Å²) in [6.07, 6.45) is 0. The fourth-order valence-corrected chi connectivity index (χ4v) is 3.60. The number of carbonyl (C=O) groups excluding carboxylic acids is 2. The Hall–Kier alpha value is -2.94. The number of carbonyl (C=O) groups is 2. The number of hydrogen-bond acceptors (Lipinski definition) is 4. The van der Waals surface area contributed by atoms with Crippen LogP contribution in [0.15, 0.2) is 65.1 Å². The van der Waals surface area contributed by atoms with E-state index in [0.717, 1.165) is 15.7 Å². The van der Waals surface area contributed by atoms with Gasteiger partial charge in [-0.15, -0.1) is 0 Å². The molecule has 6 nitrogen and oxygen atoms in total. The van der Waals surface area contributed by atoms with Crippen LogP contribution in [0.1, 0.15) is 42.3 Å². The molecule has 36 heavy (non-hydrogen) atoms. The van der Waals surface area contributed by atoms with Crippen LogP contribution in [0.2, 0.25) is 5.02 Å². The van der Waals surface area contributed by atoms with Gasteiger partial charge in [-0.3, -0.25) is 9.59 Å². The third-order valence-corrected chi connectivity index (χ3v) is 6.05. The summed E-state index contributed by atoms with van der Waals surface area (Å²) < 4.78 is 20.8. The molecule has 3 rings (SSSR count). The zero-order chi connectivity index (χ0) is 26.3. The van der Waals surface area contributed by atoms with Gasteiger partial charge in [0.15, 0.2) is 0 Å². The van der Waals surface area contributed by atoms with Crippen LogP contribution in [0.25, 0.3) is 0 Å². The molecule has 9 heteroatoms. The number of halogens is 3. The van der Waals surface area contributed by atoms with E-state index in [-0.39, 0.29) is 36.4 Å². The van der Waals surface area contributed by atoms with Crippen LogP contribution in [0.5, 0.6) is 0 Å². The van der Waals surface area contributed by atoms with Crippen molar-refractivity contribution in [3.63, 3.8) is 0 Å². The van der Waals surface area contributed by atoms with Gasteiger partial charge in [-0.25, -0.2) is 4.39 Å². The monoisotopic (exact) mass is 575 g/mol. The van der Waals surface area contributed by atoms with E-state index in [2.05, 4.69) is 31.9 Å². The summed E-state index contributed by atoms with van der Waals surface area (Å²) in [6.45, 7) is 5.94. The number of ether oxygens (including phenoxy) is 1. The SMILES string of the molecule is CC(C)(C)C(=O)NCc1ccc(Cl)c(C(=O)Nc2ccc(F)c(COCNc3ccc(Br)cc3)c2)c1. The zero-order valence-electron chi connectivity index (χ0n) is 20.3. The van der Waals surface area contributed by atoms with E-state index in [1.165, 1.54) is 18.2 Å². The highest BCUT2D eigenvalue weighted by molar-refractivity contribution is 9.10. The van der Waals surface area contributed by atoms with Crippen molar-refractivity contribution >= 4 is 50.7 Å². The molecule has 0 atom stereocenters. The topological polar surface area (TPSA) is 79.5 Å². The Kier molecular flexibility index (Phi) is 9.48. The molecular weight excluding hydrogens is 549 g/mol. The van der Waals surface area contributed by atoms with Gasteiger partial charge in [0.1, 0.15) is 12.5 Å². The summed E-state index contributed by atoms with van der Waals surface area (Å²) in [4.78, 5) is 25.0. The van der Waals surface area contributed by atoms with Crippen LogP contribution in [0.4, 0.5) is 15.8 Å². The molecule has 0 aliphatic rings. The lowest BCUT2D eigenvalue weighted by Crippen LogP contribution is -2.34. The minimum Gasteiger partial charge on any atom is -0.363 e. The van der Waals surface area contributed by atoms with Crippen molar-refractivity contribution in [2.75, 3.05) is 17.4 Å². The number of anilines is 2. The summed E-state index contributed by atoms with van der Waals surface area (Å²) in [5.41, 5.74) is 2.04. The third-order valence-electron chi connectivity index (χ3n) is 5.19. The second kappa shape index (κ2) is 12.3. The Morgan fingerprint density at radius 2 is 1.69 bits per heavy atom. The normalized spacial score (nSPS) is 11.2. The first-order chi connectivity index (χ1) is 17.0. The van der Waals surface area contributed by atoms with Gasteiger partial charge in [-0.1, -0.05) is 54.4 Å². The lowest BCUT2D eigenvalue weighted by Gasteiger charge is -2.18. The summed E-state index contributed by atoms with van der Waals surface area (Å²) >= 11 is 9.63. The molecule has 190 valence electrons. The lowest BCUT2D eigenvalue weighted by atomic mass is 9.95. The van der Waals surface area contributed by atoms with E-state index in [0.29, 0.717) is 11.3 Å². The molecule has 0 fully saturated rings. The predicted molar refractivity (Wildman–Crippen MR) is 145 cm³/mol. The van der Waals surface area contributed by atoms with Crippen molar-refractivity contribution < 1.29 is 18.7 Å². The van der Waals surface area contributed by atoms with E-state index < -0.39 is 17.1 Å². The standard InChI is InChI=1S/C27H28BrClFN3O3/c1-27(2,3)26(35)31-14-17-4-10-23(29)22(12-17)25(34)33-21-9-11-24(30)18(13-21)15-36-16-32-20-7-5-19(28)6-8-20/h4-13,32H,14-16H2,1-3H3,(H,31,35)(H,33,34). The molecule has 0 spiro atoms. The number of hydrogen-bond donors (Lipinski definition) is 3. The third kappa shape index (κ3) is 8.05. The van der Waals surface area contributed by atoms with Crippen molar-refractivity contribution in [3.8, 4) is 0 Å². The Balaban J connectivity index is 1.60. The number of benzene rings is 3. The van der Waals surface area contributed by atoms with E-state index in [4.69, 9.17) is 16.3 Å². The first kappa shape index (κ1) is 27.6. The second-order valence-electron chi connectivity index (χ2n) is 9.18. The van der Waals surface area contributed by atoms with Crippen molar-refractivity contribution in [1.82, 2.24) is 5.32 Å². The van der Waals surface area contributed by atoms with Crippen LogP contribution in [-0.4, -0.2) is 18.5 Å². The average molecular weight is 577 g/mol. The maximum Gasteiger partial charge on any atom is 0.257 e. The second-order valence-corrected chi connectivity index (χ2v) is 10.5. The molecule has 3 aromatic carbocycles. The van der Waals surface area contributed by atoms with Crippen LogP contribution in [-0.2, 0) is 22.7 Å². The Labute approximate surface area is 223 Å². The first-order valence-corrected chi connectivity index (χ1v) is 12.4. The van der Waals surface area contributed by atoms with Crippen LogP contribution in [0.3, 0.4) is 0 Å². The molecule has 0 saturated carbocycles. The Morgan fingerprint density at radius 1 is 1.00 bits per heavy atom. The van der Waals surface area contributed by atoms with Crippen LogP contribution >= 0.6 is 27.5 Å². The molecule has 0 bridgehead atoms. The average Bonchev–Trinajstić information content (AvgIpc) is 2.83. The molecule has 0 aromatic heterocycles. The predicted octanol–water partition coefficient (Wildman–Crippen LogP) is 6.74. The van der Waals surface area contributed by atoms with Gasteiger partial charge >= 0.3 is 0 Å². The molecule has 0 aliphatic carbocycles. The summed E-state index contributed by atoms with van der Waals surface area (Å²) in [5.74, 6) is -0.984. The van der Waals surface area contributed by atoms with Gasteiger partial charge < -0.3 is 20.7 Å². The largest absolute Gasteiger partial charge is 0.363 e. The van der Waals surface area contributed by atoms with Crippen molar-refractivity contribution in [2.45, 2.75) is 33.9 Å². The van der Waals surface area contributed by atoms with Crippen LogP contribution in [0, 0.1) is 11.2 Å². The van der Waals surface area contributed by atoms with E-state index in [9.17, 15) is 14.0 Å². The molecule has 0 unspecified atom stereocenters. The van der Waals surface area contributed by atoms with Gasteiger partial charge in [0.2, 0.25) is 5.91 Å². The molecule has 0 radical (unpaired) electrons. The van der Waals surface area contributed by atoms with E-state index >= 15 is 0 Å². The minimum absolute atomic E-state index is 0.0167. The Bertz CT molecular complexity index is 1230.